The third-order valence-corrected chi connectivity index (χ3v) is 4.30. The molecular formula is C15H16N4O. The van der Waals surface area contributed by atoms with Crippen molar-refractivity contribution in [2.24, 2.45) is 22.7 Å². The fourth-order valence-electron chi connectivity index (χ4n) is 3.27. The zero-order chi connectivity index (χ0) is 15.4. The van der Waals surface area contributed by atoms with Crippen LogP contribution < -0.4 is 0 Å². The van der Waals surface area contributed by atoms with E-state index in [1.165, 1.54) is 6.92 Å². The molecule has 0 aromatic heterocycles. The molecule has 0 aliphatic heterocycles. The molecule has 1 aliphatic carbocycles. The first kappa shape index (κ1) is 15.7. The summed E-state index contributed by atoms with van der Waals surface area (Å²) in [5.41, 5.74) is -3.31. The van der Waals surface area contributed by atoms with Gasteiger partial charge in [0, 0.05) is 12.3 Å². The SMILES string of the molecule is CCCCC1C(CC(C)=O)C(C#N)(C#N)C1(C#N)C#N. The second-order valence-electron chi connectivity index (χ2n) is 5.32. The van der Waals surface area contributed by atoms with E-state index in [-0.39, 0.29) is 18.1 Å². The van der Waals surface area contributed by atoms with E-state index in [0.29, 0.717) is 6.42 Å². The molecule has 5 nitrogen and oxygen atoms in total. The van der Waals surface area contributed by atoms with E-state index in [1.54, 1.807) is 0 Å². The molecule has 0 aromatic rings. The van der Waals surface area contributed by atoms with Gasteiger partial charge >= 0.3 is 0 Å². The van der Waals surface area contributed by atoms with Gasteiger partial charge in [0.1, 0.15) is 5.78 Å². The van der Waals surface area contributed by atoms with Crippen molar-refractivity contribution in [3.8, 4) is 24.3 Å². The second kappa shape index (κ2) is 5.73. The molecule has 0 bridgehead atoms. The zero-order valence-corrected chi connectivity index (χ0v) is 11.7. The standard InChI is InChI=1S/C15H16N4O/c1-3-4-5-12-13(6-11(2)20)15(9-18,10-19)14(12,7-16)8-17/h12-13H,3-6H2,1-2H3. The monoisotopic (exact) mass is 268 g/mol. The Bertz CT molecular complexity index is 539. The average Bonchev–Trinajstić information content (AvgIpc) is 2.44. The minimum Gasteiger partial charge on any atom is -0.300 e. The highest BCUT2D eigenvalue weighted by Gasteiger charge is 2.74. The van der Waals surface area contributed by atoms with Gasteiger partial charge in [-0.3, -0.25) is 0 Å². The largest absolute Gasteiger partial charge is 0.300 e. The van der Waals surface area contributed by atoms with Crippen LogP contribution in [0.2, 0.25) is 0 Å². The van der Waals surface area contributed by atoms with Gasteiger partial charge < -0.3 is 4.79 Å². The van der Waals surface area contributed by atoms with Crippen LogP contribution in [0.3, 0.4) is 0 Å². The summed E-state index contributed by atoms with van der Waals surface area (Å²) in [7, 11) is 0. The summed E-state index contributed by atoms with van der Waals surface area (Å²) in [6, 6.07) is 7.53. The summed E-state index contributed by atoms with van der Waals surface area (Å²) < 4.78 is 0. The first-order chi connectivity index (χ1) is 9.49. The lowest BCUT2D eigenvalue weighted by Crippen LogP contribution is -2.63. The Morgan fingerprint density at radius 1 is 1.00 bits per heavy atom. The van der Waals surface area contributed by atoms with Gasteiger partial charge in [-0.25, -0.2) is 0 Å². The number of unbranched alkanes of at least 4 members (excludes halogenated alkanes) is 1. The van der Waals surface area contributed by atoms with Crippen molar-refractivity contribution in [1.29, 1.82) is 21.0 Å². The van der Waals surface area contributed by atoms with Crippen molar-refractivity contribution in [3.05, 3.63) is 0 Å². The highest BCUT2D eigenvalue weighted by Crippen LogP contribution is 2.66. The fourth-order valence-corrected chi connectivity index (χ4v) is 3.27. The van der Waals surface area contributed by atoms with E-state index < -0.39 is 16.7 Å². The smallest absolute Gasteiger partial charge is 0.179 e. The lowest BCUT2D eigenvalue weighted by molar-refractivity contribution is -0.126. The number of nitrogens with zero attached hydrogens (tertiary/aromatic N) is 4. The molecule has 0 radical (unpaired) electrons. The molecule has 2 atom stereocenters. The van der Waals surface area contributed by atoms with Crippen LogP contribution in [0.15, 0.2) is 0 Å². The molecule has 0 N–H and O–H groups in total. The molecule has 0 saturated heterocycles. The maximum absolute atomic E-state index is 11.4. The normalized spacial score (nSPS) is 25.1. The summed E-state index contributed by atoms with van der Waals surface area (Å²) in [4.78, 5) is 11.4. The molecule has 1 fully saturated rings. The maximum Gasteiger partial charge on any atom is 0.179 e. The zero-order valence-electron chi connectivity index (χ0n) is 11.7. The molecule has 20 heavy (non-hydrogen) atoms. The number of rotatable bonds is 5. The van der Waals surface area contributed by atoms with Gasteiger partial charge in [-0.05, 0) is 19.3 Å². The number of ketones is 1. The summed E-state index contributed by atoms with van der Waals surface area (Å²) in [6.45, 7) is 3.38. The first-order valence-electron chi connectivity index (χ1n) is 6.64. The van der Waals surface area contributed by atoms with Crippen molar-refractivity contribution in [3.63, 3.8) is 0 Å². The molecule has 102 valence electrons. The highest BCUT2D eigenvalue weighted by molar-refractivity contribution is 5.76. The van der Waals surface area contributed by atoms with Crippen LogP contribution in [0.4, 0.5) is 0 Å². The molecule has 0 amide bonds. The lowest BCUT2D eigenvalue weighted by Gasteiger charge is -2.55. The summed E-state index contributed by atoms with van der Waals surface area (Å²) in [5, 5.41) is 37.5. The minimum absolute atomic E-state index is 0.0701. The highest BCUT2D eigenvalue weighted by atomic mass is 16.1. The molecule has 2 unspecified atom stereocenters. The lowest BCUT2D eigenvalue weighted by atomic mass is 9.38. The van der Waals surface area contributed by atoms with Crippen molar-refractivity contribution >= 4 is 5.78 Å². The van der Waals surface area contributed by atoms with Gasteiger partial charge in [0.05, 0.1) is 24.3 Å². The van der Waals surface area contributed by atoms with Gasteiger partial charge in [-0.15, -0.1) is 0 Å². The molecule has 1 aliphatic rings. The number of carbonyl (C=O) groups excluding carboxylic acids is 1. The Balaban J connectivity index is 3.31. The van der Waals surface area contributed by atoms with Crippen molar-refractivity contribution in [2.75, 3.05) is 0 Å². The molecule has 5 heteroatoms. The average molecular weight is 268 g/mol. The van der Waals surface area contributed by atoms with E-state index in [4.69, 9.17) is 0 Å². The van der Waals surface area contributed by atoms with Gasteiger partial charge in [-0.1, -0.05) is 19.8 Å². The number of carbonyl (C=O) groups is 1. The van der Waals surface area contributed by atoms with E-state index >= 15 is 0 Å². The predicted octanol–water partition coefficient (Wildman–Crippen LogP) is 2.47. The van der Waals surface area contributed by atoms with Crippen LogP contribution in [0.25, 0.3) is 0 Å². The van der Waals surface area contributed by atoms with Crippen molar-refractivity contribution < 1.29 is 4.79 Å². The van der Waals surface area contributed by atoms with E-state index in [2.05, 4.69) is 0 Å². The van der Waals surface area contributed by atoms with Gasteiger partial charge in [0.15, 0.2) is 10.8 Å². The van der Waals surface area contributed by atoms with Crippen LogP contribution in [0.1, 0.15) is 39.5 Å². The Morgan fingerprint density at radius 2 is 1.45 bits per heavy atom. The van der Waals surface area contributed by atoms with Crippen LogP contribution in [-0.2, 0) is 4.79 Å². The van der Waals surface area contributed by atoms with E-state index in [9.17, 15) is 25.8 Å². The predicted molar refractivity (Wildman–Crippen MR) is 69.1 cm³/mol. The number of hydrogen-bond acceptors (Lipinski definition) is 5. The molecule has 1 rings (SSSR count). The van der Waals surface area contributed by atoms with Crippen molar-refractivity contribution in [2.45, 2.75) is 39.5 Å². The molecule has 0 heterocycles. The minimum atomic E-state index is -1.69. The number of hydrogen-bond donors (Lipinski definition) is 0. The maximum atomic E-state index is 11.4. The van der Waals surface area contributed by atoms with Crippen LogP contribution in [-0.4, -0.2) is 5.78 Å². The van der Waals surface area contributed by atoms with E-state index in [1.807, 2.05) is 31.2 Å². The Labute approximate surface area is 119 Å². The molecule has 0 aromatic carbocycles. The Morgan fingerprint density at radius 3 is 1.80 bits per heavy atom. The topological polar surface area (TPSA) is 112 Å². The number of Topliss-reactive ketones (excluding diaryl/α,β-unsaturated/α-hetero) is 1. The van der Waals surface area contributed by atoms with Crippen LogP contribution >= 0.6 is 0 Å². The fraction of sp³-hybridized carbons (Fsp3) is 0.667. The van der Waals surface area contributed by atoms with Crippen LogP contribution in [0.5, 0.6) is 0 Å². The summed E-state index contributed by atoms with van der Waals surface area (Å²) >= 11 is 0. The molecular weight excluding hydrogens is 252 g/mol. The number of nitriles is 4. The Hall–Kier alpha value is -2.37. The van der Waals surface area contributed by atoms with Crippen LogP contribution in [0, 0.1) is 68.0 Å². The summed E-state index contributed by atoms with van der Waals surface area (Å²) in [6.07, 6.45) is 2.35. The molecule has 0 spiro atoms. The third kappa shape index (κ3) is 1.84. The third-order valence-electron chi connectivity index (χ3n) is 4.30. The van der Waals surface area contributed by atoms with Gasteiger partial charge in [0.2, 0.25) is 0 Å². The van der Waals surface area contributed by atoms with Gasteiger partial charge in [-0.2, -0.15) is 21.0 Å². The Kier molecular flexibility index (Phi) is 4.49. The second-order valence-corrected chi connectivity index (χ2v) is 5.32. The van der Waals surface area contributed by atoms with Crippen molar-refractivity contribution in [1.82, 2.24) is 0 Å². The quantitative estimate of drug-likeness (QED) is 0.760. The van der Waals surface area contributed by atoms with E-state index in [0.717, 1.165) is 12.8 Å². The molecule has 1 saturated carbocycles. The summed E-state index contributed by atoms with van der Waals surface area (Å²) in [5.74, 6) is -1.04. The van der Waals surface area contributed by atoms with Gasteiger partial charge in [0.25, 0.3) is 0 Å². The first-order valence-corrected chi connectivity index (χ1v) is 6.64.